The number of ether oxygens (including phenoxy) is 1. The number of anilines is 1. The average molecular weight is 376 g/mol. The molecule has 2 fully saturated rings. The van der Waals surface area contributed by atoms with E-state index < -0.39 is 0 Å². The molecule has 136 valence electrons. The van der Waals surface area contributed by atoms with Gasteiger partial charge in [0.2, 0.25) is 0 Å². The van der Waals surface area contributed by atoms with Crippen LogP contribution in [0.15, 0.2) is 18.2 Å². The number of benzene rings is 1. The molecule has 1 unspecified atom stereocenters. The van der Waals surface area contributed by atoms with Crippen LogP contribution in [0.3, 0.4) is 0 Å². The van der Waals surface area contributed by atoms with E-state index in [0.29, 0.717) is 11.6 Å². The third-order valence-corrected chi connectivity index (χ3v) is 4.69. The van der Waals surface area contributed by atoms with E-state index in [9.17, 15) is 4.79 Å². The number of halogens is 2. The van der Waals surface area contributed by atoms with Crippen LogP contribution in [0.5, 0.6) is 0 Å². The first-order valence-electron chi connectivity index (χ1n) is 8.09. The summed E-state index contributed by atoms with van der Waals surface area (Å²) in [6.07, 6.45) is 1.17. The maximum atomic E-state index is 12.7. The highest BCUT2D eigenvalue weighted by molar-refractivity contribution is 5.96. The molecule has 24 heavy (non-hydrogen) atoms. The molecule has 2 aliphatic heterocycles. The summed E-state index contributed by atoms with van der Waals surface area (Å²) in [4.78, 5) is 17.1. The van der Waals surface area contributed by atoms with Crippen LogP contribution in [0.4, 0.5) is 5.69 Å². The summed E-state index contributed by atoms with van der Waals surface area (Å²) in [6, 6.07) is 5.55. The Balaban J connectivity index is 0.00000144. The number of rotatable bonds is 3. The van der Waals surface area contributed by atoms with Gasteiger partial charge in [-0.1, -0.05) is 6.07 Å². The van der Waals surface area contributed by atoms with Crippen molar-refractivity contribution in [1.82, 2.24) is 9.80 Å². The number of piperazine rings is 1. The van der Waals surface area contributed by atoms with Crippen LogP contribution in [0, 0.1) is 12.8 Å². The molecule has 0 bridgehead atoms. The second kappa shape index (κ2) is 9.47. The number of hydrogen-bond donors (Lipinski definition) is 1. The number of nitrogen functional groups attached to an aromatic ring is 1. The number of nitrogens with two attached hydrogens (primary N) is 1. The molecule has 1 amide bonds. The molecule has 0 radical (unpaired) electrons. The Kier molecular flexibility index (Phi) is 8.30. The van der Waals surface area contributed by atoms with Gasteiger partial charge >= 0.3 is 0 Å². The lowest BCUT2D eigenvalue weighted by molar-refractivity contribution is 0.0610. The first-order valence-corrected chi connectivity index (χ1v) is 8.09. The van der Waals surface area contributed by atoms with Crippen molar-refractivity contribution in [3.8, 4) is 0 Å². The molecule has 1 aromatic carbocycles. The van der Waals surface area contributed by atoms with Crippen LogP contribution in [-0.4, -0.2) is 61.6 Å². The van der Waals surface area contributed by atoms with Crippen LogP contribution in [0.2, 0.25) is 0 Å². The fourth-order valence-electron chi connectivity index (χ4n) is 3.27. The second-order valence-electron chi connectivity index (χ2n) is 6.40. The normalized spacial score (nSPS) is 21.0. The Labute approximate surface area is 156 Å². The molecule has 1 aromatic rings. The van der Waals surface area contributed by atoms with Crippen molar-refractivity contribution in [2.24, 2.45) is 5.92 Å². The van der Waals surface area contributed by atoms with Crippen molar-refractivity contribution in [3.63, 3.8) is 0 Å². The van der Waals surface area contributed by atoms with Crippen molar-refractivity contribution in [2.45, 2.75) is 13.3 Å². The second-order valence-corrected chi connectivity index (χ2v) is 6.40. The zero-order valence-electron chi connectivity index (χ0n) is 14.1. The lowest BCUT2D eigenvalue weighted by atomic mass is 10.1. The molecule has 0 aromatic heterocycles. The van der Waals surface area contributed by atoms with Gasteiger partial charge in [0.25, 0.3) is 5.91 Å². The molecule has 0 saturated carbocycles. The number of nitrogens with zero attached hydrogens (tertiary/aromatic N) is 2. The lowest BCUT2D eigenvalue weighted by Gasteiger charge is -2.36. The van der Waals surface area contributed by atoms with Crippen LogP contribution >= 0.6 is 24.8 Å². The van der Waals surface area contributed by atoms with Crippen molar-refractivity contribution in [2.75, 3.05) is 51.7 Å². The lowest BCUT2D eigenvalue weighted by Crippen LogP contribution is -2.50. The van der Waals surface area contributed by atoms with Crippen LogP contribution in [0.1, 0.15) is 22.3 Å². The Morgan fingerprint density at radius 2 is 1.96 bits per heavy atom. The minimum absolute atomic E-state index is 0. The monoisotopic (exact) mass is 375 g/mol. The number of carbonyl (C=O) groups excluding carboxylic acids is 1. The van der Waals surface area contributed by atoms with E-state index in [1.165, 1.54) is 6.42 Å². The van der Waals surface area contributed by atoms with Gasteiger partial charge in [-0.2, -0.15) is 0 Å². The van der Waals surface area contributed by atoms with E-state index >= 15 is 0 Å². The summed E-state index contributed by atoms with van der Waals surface area (Å²) in [5, 5.41) is 0. The van der Waals surface area contributed by atoms with Crippen molar-refractivity contribution in [1.29, 1.82) is 0 Å². The Hall–Kier alpha value is -1.01. The molecule has 0 aliphatic carbocycles. The van der Waals surface area contributed by atoms with Gasteiger partial charge in [-0.25, -0.2) is 0 Å². The minimum atomic E-state index is 0. The summed E-state index contributed by atoms with van der Waals surface area (Å²) < 4.78 is 5.44. The fourth-order valence-corrected chi connectivity index (χ4v) is 3.27. The van der Waals surface area contributed by atoms with E-state index in [-0.39, 0.29) is 30.7 Å². The standard InChI is InChI=1S/C17H25N3O2.2ClH/c1-13-2-3-15(18)10-16(13)17(21)20-7-5-19(6-8-20)11-14-4-9-22-12-14;;/h2-3,10,14H,4-9,11-12,18H2,1H3;2*1H. The number of carbonyl (C=O) groups is 1. The smallest absolute Gasteiger partial charge is 0.254 e. The molecule has 0 spiro atoms. The quantitative estimate of drug-likeness (QED) is 0.822. The topological polar surface area (TPSA) is 58.8 Å². The molecule has 2 saturated heterocycles. The summed E-state index contributed by atoms with van der Waals surface area (Å²) in [6.45, 7) is 8.33. The molecular formula is C17H27Cl2N3O2. The van der Waals surface area contributed by atoms with Gasteiger partial charge < -0.3 is 15.4 Å². The first kappa shape index (κ1) is 21.0. The van der Waals surface area contributed by atoms with Crippen molar-refractivity contribution < 1.29 is 9.53 Å². The zero-order valence-corrected chi connectivity index (χ0v) is 15.7. The van der Waals surface area contributed by atoms with Gasteiger partial charge in [-0.3, -0.25) is 9.69 Å². The third-order valence-electron chi connectivity index (χ3n) is 4.69. The molecular weight excluding hydrogens is 349 g/mol. The molecule has 7 heteroatoms. The van der Waals surface area contributed by atoms with E-state index in [4.69, 9.17) is 10.5 Å². The largest absolute Gasteiger partial charge is 0.399 e. The van der Waals surface area contributed by atoms with E-state index in [0.717, 1.165) is 57.1 Å². The summed E-state index contributed by atoms with van der Waals surface area (Å²) in [5.74, 6) is 0.770. The van der Waals surface area contributed by atoms with Crippen LogP contribution in [0.25, 0.3) is 0 Å². The summed E-state index contributed by atoms with van der Waals surface area (Å²) in [7, 11) is 0. The molecule has 5 nitrogen and oxygen atoms in total. The highest BCUT2D eigenvalue weighted by Gasteiger charge is 2.25. The molecule has 3 rings (SSSR count). The molecule has 2 aliphatic rings. The number of aryl methyl sites for hydroxylation is 1. The molecule has 2 N–H and O–H groups in total. The summed E-state index contributed by atoms with van der Waals surface area (Å²) in [5.41, 5.74) is 8.19. The Bertz CT molecular complexity index is 543. The average Bonchev–Trinajstić information content (AvgIpc) is 3.03. The van der Waals surface area contributed by atoms with Crippen molar-refractivity contribution >= 4 is 36.4 Å². The van der Waals surface area contributed by atoms with E-state index in [1.54, 1.807) is 6.07 Å². The van der Waals surface area contributed by atoms with Gasteiger partial charge in [-0.05, 0) is 37.0 Å². The zero-order chi connectivity index (χ0) is 15.5. The highest BCUT2D eigenvalue weighted by atomic mass is 35.5. The van der Waals surface area contributed by atoms with E-state index in [1.807, 2.05) is 24.0 Å². The first-order chi connectivity index (χ1) is 10.6. The number of hydrogen-bond acceptors (Lipinski definition) is 4. The predicted molar refractivity (Wildman–Crippen MR) is 101 cm³/mol. The van der Waals surface area contributed by atoms with E-state index in [2.05, 4.69) is 4.90 Å². The van der Waals surface area contributed by atoms with Gasteiger partial charge in [-0.15, -0.1) is 24.8 Å². The SMILES string of the molecule is Cc1ccc(N)cc1C(=O)N1CCN(CC2CCOC2)CC1.Cl.Cl. The molecule has 2 heterocycles. The van der Waals surface area contributed by atoms with Gasteiger partial charge in [0, 0.05) is 50.6 Å². The third kappa shape index (κ3) is 4.99. The molecule has 1 atom stereocenters. The Morgan fingerprint density at radius 1 is 1.25 bits per heavy atom. The van der Waals surface area contributed by atoms with Gasteiger partial charge in [0.05, 0.1) is 6.61 Å². The summed E-state index contributed by atoms with van der Waals surface area (Å²) >= 11 is 0. The predicted octanol–water partition coefficient (Wildman–Crippen LogP) is 2.22. The number of amides is 1. The highest BCUT2D eigenvalue weighted by Crippen LogP contribution is 2.18. The van der Waals surface area contributed by atoms with Gasteiger partial charge in [0.15, 0.2) is 0 Å². The van der Waals surface area contributed by atoms with Crippen LogP contribution in [-0.2, 0) is 4.74 Å². The van der Waals surface area contributed by atoms with Gasteiger partial charge in [0.1, 0.15) is 0 Å². The maximum Gasteiger partial charge on any atom is 0.254 e. The van der Waals surface area contributed by atoms with Crippen LogP contribution < -0.4 is 5.73 Å². The maximum absolute atomic E-state index is 12.7. The van der Waals surface area contributed by atoms with Crippen molar-refractivity contribution in [3.05, 3.63) is 29.3 Å². The fraction of sp³-hybridized carbons (Fsp3) is 0.588. The Morgan fingerprint density at radius 3 is 2.58 bits per heavy atom. The minimum Gasteiger partial charge on any atom is -0.399 e.